The number of rotatable bonds is 14. The molecular weight excluding hydrogens is 709 g/mol. The van der Waals surface area contributed by atoms with Crippen molar-refractivity contribution in [1.29, 1.82) is 0 Å². The van der Waals surface area contributed by atoms with Crippen molar-refractivity contribution < 1.29 is 0 Å². The van der Waals surface area contributed by atoms with Gasteiger partial charge in [-0.1, -0.05) is 218 Å². The lowest BCUT2D eigenvalue weighted by Gasteiger charge is -2.22. The Labute approximate surface area is 350 Å². The van der Waals surface area contributed by atoms with Crippen molar-refractivity contribution in [3.05, 3.63) is 264 Å². The van der Waals surface area contributed by atoms with Crippen molar-refractivity contribution in [1.82, 2.24) is 0 Å². The molecule has 2 unspecified atom stereocenters. The van der Waals surface area contributed by atoms with Crippen LogP contribution in [0, 0.1) is 0 Å². The highest BCUT2D eigenvalue weighted by Crippen LogP contribution is 2.37. The second kappa shape index (κ2) is 17.8. The molecule has 9 aromatic carbocycles. The number of benzene rings is 9. The molecule has 0 aliphatic heterocycles. The van der Waals surface area contributed by atoms with E-state index in [0.29, 0.717) is 0 Å². The van der Waals surface area contributed by atoms with Crippen LogP contribution in [0.5, 0.6) is 0 Å². The van der Waals surface area contributed by atoms with Crippen LogP contribution < -0.4 is 0 Å². The Balaban J connectivity index is 0.978. The highest BCUT2D eigenvalue weighted by molar-refractivity contribution is 5.87. The van der Waals surface area contributed by atoms with E-state index in [4.69, 9.17) is 0 Å². The molecule has 0 saturated heterocycles. The predicted octanol–water partition coefficient (Wildman–Crippen LogP) is 15.6. The van der Waals surface area contributed by atoms with E-state index < -0.39 is 0 Å². The fourth-order valence-electron chi connectivity index (χ4n) is 9.02. The van der Waals surface area contributed by atoms with Gasteiger partial charge in [-0.2, -0.15) is 0 Å². The lowest BCUT2D eigenvalue weighted by Crippen LogP contribution is -2.07. The number of fused-ring (bicyclic) bond motifs is 2. The largest absolute Gasteiger partial charge is 0.103 e. The summed E-state index contributed by atoms with van der Waals surface area (Å²) in [6.45, 7) is 3.93. The van der Waals surface area contributed by atoms with Crippen LogP contribution in [0.15, 0.2) is 225 Å². The lowest BCUT2D eigenvalue weighted by molar-refractivity contribution is 0.801. The molecule has 0 aliphatic rings. The van der Waals surface area contributed by atoms with Crippen molar-refractivity contribution in [2.24, 2.45) is 0 Å². The molecule has 2 atom stereocenters. The van der Waals surface area contributed by atoms with Crippen molar-refractivity contribution in [2.75, 3.05) is 0 Å². The molecule has 9 rings (SSSR count). The molecular formula is C59H50. The van der Waals surface area contributed by atoms with E-state index in [1.54, 1.807) is 0 Å². The van der Waals surface area contributed by atoms with Gasteiger partial charge in [-0.3, -0.25) is 0 Å². The van der Waals surface area contributed by atoms with Crippen molar-refractivity contribution in [3.63, 3.8) is 0 Å². The van der Waals surface area contributed by atoms with Gasteiger partial charge in [-0.05, 0) is 115 Å². The van der Waals surface area contributed by atoms with Gasteiger partial charge in [0.25, 0.3) is 0 Å². The van der Waals surface area contributed by atoms with Gasteiger partial charge in [0.2, 0.25) is 0 Å². The molecule has 286 valence electrons. The van der Waals surface area contributed by atoms with Gasteiger partial charge in [0.15, 0.2) is 0 Å². The first-order chi connectivity index (χ1) is 29.2. The van der Waals surface area contributed by atoms with E-state index >= 15 is 0 Å². The fourth-order valence-corrected chi connectivity index (χ4v) is 9.02. The van der Waals surface area contributed by atoms with Gasteiger partial charge in [-0.15, -0.1) is 6.58 Å². The minimum absolute atomic E-state index is 0.221. The average molecular weight is 759 g/mol. The Hall–Kier alpha value is -6.76. The quantitative estimate of drug-likeness (QED) is 0.0765. The molecule has 0 bridgehead atoms. The van der Waals surface area contributed by atoms with Crippen LogP contribution in [0.1, 0.15) is 63.6 Å². The number of hydrogen-bond donors (Lipinski definition) is 0. The summed E-state index contributed by atoms with van der Waals surface area (Å²) < 4.78 is 0. The SMILES string of the molecule is C=CCCCc1cccc(C(Cc2ccc(-c3ccc(CC(c4ccc(-c5ccccc5)cc4)c4cccc5ccccc45)cc3)cc2)c2cccc3ccccc23)c1. The second-order valence-electron chi connectivity index (χ2n) is 16.0. The van der Waals surface area contributed by atoms with Gasteiger partial charge in [0.05, 0.1) is 0 Å². The molecule has 0 nitrogen and oxygen atoms in total. The van der Waals surface area contributed by atoms with Crippen LogP contribution in [0.4, 0.5) is 0 Å². The van der Waals surface area contributed by atoms with Crippen LogP contribution in [0.25, 0.3) is 43.8 Å². The first kappa shape index (κ1) is 37.8. The molecule has 0 aliphatic carbocycles. The molecule has 0 fully saturated rings. The van der Waals surface area contributed by atoms with Crippen molar-refractivity contribution >= 4 is 21.5 Å². The van der Waals surface area contributed by atoms with E-state index in [1.807, 2.05) is 6.08 Å². The van der Waals surface area contributed by atoms with Gasteiger partial charge in [-0.25, -0.2) is 0 Å². The summed E-state index contributed by atoms with van der Waals surface area (Å²) in [4.78, 5) is 0. The number of unbranched alkanes of at least 4 members (excludes halogenated alkanes) is 1. The van der Waals surface area contributed by atoms with Crippen LogP contribution >= 0.6 is 0 Å². The first-order valence-corrected chi connectivity index (χ1v) is 21.2. The first-order valence-electron chi connectivity index (χ1n) is 21.2. The molecule has 0 aromatic heterocycles. The van der Waals surface area contributed by atoms with Crippen molar-refractivity contribution in [2.45, 2.75) is 43.9 Å². The smallest absolute Gasteiger partial charge is 0.0136 e. The Morgan fingerprint density at radius 1 is 0.373 bits per heavy atom. The van der Waals surface area contributed by atoms with E-state index in [0.717, 1.165) is 32.1 Å². The number of hydrogen-bond acceptors (Lipinski definition) is 0. The van der Waals surface area contributed by atoms with Gasteiger partial charge >= 0.3 is 0 Å². The zero-order valence-electron chi connectivity index (χ0n) is 33.7. The Morgan fingerprint density at radius 2 is 0.831 bits per heavy atom. The Bertz CT molecular complexity index is 2780. The maximum absolute atomic E-state index is 3.93. The molecule has 59 heavy (non-hydrogen) atoms. The average Bonchev–Trinajstić information content (AvgIpc) is 3.31. The monoisotopic (exact) mass is 758 g/mol. The molecule has 0 amide bonds. The summed E-state index contributed by atoms with van der Waals surface area (Å²) >= 11 is 0. The number of aryl methyl sites for hydroxylation is 1. The summed E-state index contributed by atoms with van der Waals surface area (Å²) in [6, 6.07) is 78.9. The van der Waals surface area contributed by atoms with Gasteiger partial charge in [0, 0.05) is 11.8 Å². The Kier molecular flexibility index (Phi) is 11.4. The second-order valence-corrected chi connectivity index (χ2v) is 16.0. The molecule has 0 saturated carbocycles. The third-order valence-electron chi connectivity index (χ3n) is 12.2. The van der Waals surface area contributed by atoms with Crippen LogP contribution in [0.3, 0.4) is 0 Å². The third-order valence-corrected chi connectivity index (χ3v) is 12.2. The maximum atomic E-state index is 3.93. The van der Waals surface area contributed by atoms with Gasteiger partial charge < -0.3 is 0 Å². The van der Waals surface area contributed by atoms with E-state index in [2.05, 4.69) is 219 Å². The number of allylic oxidation sites excluding steroid dienone is 1. The highest BCUT2D eigenvalue weighted by atomic mass is 14.2. The zero-order valence-corrected chi connectivity index (χ0v) is 33.7. The third kappa shape index (κ3) is 8.59. The Morgan fingerprint density at radius 3 is 1.39 bits per heavy atom. The lowest BCUT2D eigenvalue weighted by atomic mass is 9.82. The summed E-state index contributed by atoms with van der Waals surface area (Å²) in [5, 5.41) is 5.23. The topological polar surface area (TPSA) is 0 Å². The van der Waals surface area contributed by atoms with Gasteiger partial charge in [0.1, 0.15) is 0 Å². The summed E-state index contributed by atoms with van der Waals surface area (Å²) in [7, 11) is 0. The predicted molar refractivity (Wildman–Crippen MR) is 252 cm³/mol. The summed E-state index contributed by atoms with van der Waals surface area (Å²) in [5.74, 6) is 0.466. The highest BCUT2D eigenvalue weighted by Gasteiger charge is 2.20. The van der Waals surface area contributed by atoms with Crippen molar-refractivity contribution in [3.8, 4) is 22.3 Å². The standard InChI is InChI=1S/C59H50/c1-2-3-5-15-43-16-12-23-53(40-43)59(57-27-14-22-51-20-9-11-25-55(51)57)42-45-30-34-48(35-31-45)47-32-28-44(29-33-47)41-58(56-26-13-21-50-19-8-10-24-54(50)56)52-38-36-49(37-39-52)46-17-6-4-7-18-46/h2,4,6-14,16-40,58-59H,1,3,5,15,41-42H2. The van der Waals surface area contributed by atoms with Crippen LogP contribution in [-0.2, 0) is 19.3 Å². The molecule has 0 heteroatoms. The van der Waals surface area contributed by atoms with E-state index in [1.165, 1.54) is 82.7 Å². The minimum atomic E-state index is 0.221. The molecule has 0 spiro atoms. The normalized spacial score (nSPS) is 12.3. The molecule has 0 heterocycles. The molecule has 9 aromatic rings. The zero-order chi connectivity index (χ0) is 39.8. The summed E-state index contributed by atoms with van der Waals surface area (Å²) in [5.41, 5.74) is 14.5. The molecule has 0 N–H and O–H groups in total. The van der Waals surface area contributed by atoms with E-state index in [-0.39, 0.29) is 11.8 Å². The molecule has 0 radical (unpaired) electrons. The minimum Gasteiger partial charge on any atom is -0.103 e. The fraction of sp³-hybridized carbons (Fsp3) is 0.119. The van der Waals surface area contributed by atoms with Crippen LogP contribution in [0.2, 0.25) is 0 Å². The maximum Gasteiger partial charge on any atom is 0.0136 e. The van der Waals surface area contributed by atoms with E-state index in [9.17, 15) is 0 Å². The summed E-state index contributed by atoms with van der Waals surface area (Å²) in [6.07, 6.45) is 7.12. The van der Waals surface area contributed by atoms with Crippen LogP contribution in [-0.4, -0.2) is 0 Å².